The molecule has 3 amide bonds. The summed E-state index contributed by atoms with van der Waals surface area (Å²) in [6, 6.07) is 5.34. The van der Waals surface area contributed by atoms with Crippen LogP contribution in [0.3, 0.4) is 0 Å². The number of primary amides is 1. The van der Waals surface area contributed by atoms with E-state index in [-0.39, 0.29) is 17.7 Å². The number of nitrogens with one attached hydrogen (secondary N) is 2. The first-order valence-corrected chi connectivity index (χ1v) is 11.5. The van der Waals surface area contributed by atoms with Crippen LogP contribution >= 0.6 is 0 Å². The fourth-order valence-electron chi connectivity index (χ4n) is 2.96. The van der Waals surface area contributed by atoms with Crippen LogP contribution in [-0.4, -0.2) is 44.2 Å². The standard InChI is InChI=1S/C20H29N3O6S/c1-19(2,3)29-18(26)22-15(9-10-16(21)24)17(25)23-20(11-12-20)13-5-7-14(8-6-13)30(4,27)28/h5-8,15H,9-12H2,1-4H3,(H2,21,24)(H,22,26)(H,23,25)/t15-/m0/s1. The molecule has 10 heteroatoms. The van der Waals surface area contributed by atoms with Crippen molar-refractivity contribution >= 4 is 27.7 Å². The summed E-state index contributed by atoms with van der Waals surface area (Å²) in [6.45, 7) is 5.10. The molecule has 0 saturated heterocycles. The number of hydrogen-bond donors (Lipinski definition) is 3. The third-order valence-corrected chi connectivity index (χ3v) is 5.76. The molecule has 0 unspecified atom stereocenters. The van der Waals surface area contributed by atoms with Gasteiger partial charge in [0.1, 0.15) is 11.6 Å². The lowest BCUT2D eigenvalue weighted by Gasteiger charge is -2.25. The molecule has 9 nitrogen and oxygen atoms in total. The van der Waals surface area contributed by atoms with Crippen LogP contribution in [0.1, 0.15) is 52.0 Å². The van der Waals surface area contributed by atoms with E-state index in [1.807, 2.05) is 0 Å². The van der Waals surface area contributed by atoms with Crippen LogP contribution in [0.15, 0.2) is 29.2 Å². The Kier molecular flexibility index (Phi) is 6.80. The molecule has 2 rings (SSSR count). The molecule has 1 atom stereocenters. The predicted molar refractivity (Wildman–Crippen MR) is 110 cm³/mol. The molecule has 0 heterocycles. The molecule has 1 saturated carbocycles. The summed E-state index contributed by atoms with van der Waals surface area (Å²) in [5.41, 5.74) is 4.59. The van der Waals surface area contributed by atoms with Crippen molar-refractivity contribution in [2.75, 3.05) is 6.26 Å². The molecule has 1 aliphatic carbocycles. The van der Waals surface area contributed by atoms with Crippen molar-refractivity contribution in [3.8, 4) is 0 Å². The number of carbonyl (C=O) groups excluding carboxylic acids is 3. The first kappa shape index (κ1) is 23.7. The van der Waals surface area contributed by atoms with Gasteiger partial charge in [0.2, 0.25) is 11.8 Å². The van der Waals surface area contributed by atoms with E-state index in [4.69, 9.17) is 10.5 Å². The zero-order chi connectivity index (χ0) is 22.7. The van der Waals surface area contributed by atoms with Gasteiger partial charge in [-0.1, -0.05) is 12.1 Å². The molecule has 0 radical (unpaired) electrons. The minimum Gasteiger partial charge on any atom is -0.444 e. The van der Waals surface area contributed by atoms with Crippen molar-refractivity contribution in [3.05, 3.63) is 29.8 Å². The highest BCUT2D eigenvalue weighted by molar-refractivity contribution is 7.90. The van der Waals surface area contributed by atoms with Crippen molar-refractivity contribution in [1.29, 1.82) is 0 Å². The molecule has 0 aromatic heterocycles. The fraction of sp³-hybridized carbons (Fsp3) is 0.550. The minimum atomic E-state index is -3.32. The quantitative estimate of drug-likeness (QED) is 0.558. The molecule has 0 aliphatic heterocycles. The summed E-state index contributed by atoms with van der Waals surface area (Å²) in [5, 5.41) is 5.42. The number of benzene rings is 1. The molecule has 30 heavy (non-hydrogen) atoms. The van der Waals surface area contributed by atoms with Crippen LogP contribution in [0.25, 0.3) is 0 Å². The lowest BCUT2D eigenvalue weighted by molar-refractivity contribution is -0.124. The molecule has 4 N–H and O–H groups in total. The Labute approximate surface area is 176 Å². The summed E-state index contributed by atoms with van der Waals surface area (Å²) < 4.78 is 28.5. The highest BCUT2D eigenvalue weighted by atomic mass is 32.2. The van der Waals surface area contributed by atoms with Gasteiger partial charge in [-0.25, -0.2) is 13.2 Å². The molecule has 0 bridgehead atoms. The van der Waals surface area contributed by atoms with E-state index >= 15 is 0 Å². The Hall–Kier alpha value is -2.62. The summed E-state index contributed by atoms with van der Waals surface area (Å²) >= 11 is 0. The fourth-order valence-corrected chi connectivity index (χ4v) is 3.59. The lowest BCUT2D eigenvalue weighted by Crippen LogP contribution is -2.51. The summed E-state index contributed by atoms with van der Waals surface area (Å²) in [7, 11) is -3.32. The molecule has 1 aromatic rings. The molecule has 1 aromatic carbocycles. The second-order valence-electron chi connectivity index (χ2n) is 8.57. The van der Waals surface area contributed by atoms with Gasteiger partial charge in [0, 0.05) is 12.7 Å². The van der Waals surface area contributed by atoms with Crippen molar-refractivity contribution in [3.63, 3.8) is 0 Å². The second-order valence-corrected chi connectivity index (χ2v) is 10.6. The molecule has 166 valence electrons. The van der Waals surface area contributed by atoms with Gasteiger partial charge < -0.3 is 21.1 Å². The summed E-state index contributed by atoms with van der Waals surface area (Å²) in [4.78, 5) is 36.4. The molecular weight excluding hydrogens is 410 g/mol. The van der Waals surface area contributed by atoms with Gasteiger partial charge in [-0.2, -0.15) is 0 Å². The lowest BCUT2D eigenvalue weighted by atomic mass is 10.0. The normalized spacial score (nSPS) is 16.3. The van der Waals surface area contributed by atoms with Crippen LogP contribution < -0.4 is 16.4 Å². The number of nitrogens with two attached hydrogens (primary N) is 1. The van der Waals surface area contributed by atoms with Gasteiger partial charge in [0.15, 0.2) is 9.84 Å². The van der Waals surface area contributed by atoms with E-state index in [2.05, 4.69) is 10.6 Å². The SMILES string of the molecule is CC(C)(C)OC(=O)N[C@@H](CCC(N)=O)C(=O)NC1(c2ccc(S(C)(=O)=O)cc2)CC1. The maximum atomic E-state index is 12.9. The Balaban J connectivity index is 2.13. The second kappa shape index (κ2) is 8.63. The number of carbonyl (C=O) groups is 3. The van der Waals surface area contributed by atoms with E-state index in [0.717, 1.165) is 11.8 Å². The maximum absolute atomic E-state index is 12.9. The highest BCUT2D eigenvalue weighted by Gasteiger charge is 2.46. The largest absolute Gasteiger partial charge is 0.444 e. The number of sulfone groups is 1. The third kappa shape index (κ3) is 6.72. The van der Waals surface area contributed by atoms with Crippen LogP contribution in [0.5, 0.6) is 0 Å². The van der Waals surface area contributed by atoms with Crippen LogP contribution in [0.4, 0.5) is 4.79 Å². The Morgan fingerprint density at radius 1 is 1.17 bits per heavy atom. The predicted octanol–water partition coefficient (Wildman–Crippen LogP) is 1.35. The average Bonchev–Trinajstić information content (AvgIpc) is 3.36. The minimum absolute atomic E-state index is 0.0313. The van der Waals surface area contributed by atoms with Crippen molar-refractivity contribution in [2.24, 2.45) is 5.73 Å². The van der Waals surface area contributed by atoms with Gasteiger partial charge in [-0.05, 0) is 57.7 Å². The molecular formula is C20H29N3O6S. The van der Waals surface area contributed by atoms with Gasteiger partial charge in [0.25, 0.3) is 0 Å². The zero-order valence-corrected chi connectivity index (χ0v) is 18.5. The molecule has 0 spiro atoms. The monoisotopic (exact) mass is 439 g/mol. The molecule has 1 aliphatic rings. The van der Waals surface area contributed by atoms with Crippen molar-refractivity contribution in [2.45, 2.75) is 68.5 Å². The maximum Gasteiger partial charge on any atom is 0.408 e. The van der Waals surface area contributed by atoms with Gasteiger partial charge in [0.05, 0.1) is 10.4 Å². The van der Waals surface area contributed by atoms with Crippen LogP contribution in [0, 0.1) is 0 Å². The van der Waals surface area contributed by atoms with E-state index in [9.17, 15) is 22.8 Å². The van der Waals surface area contributed by atoms with Crippen LogP contribution in [-0.2, 0) is 29.7 Å². The number of hydrogen-bond acceptors (Lipinski definition) is 6. The van der Waals surface area contributed by atoms with Gasteiger partial charge >= 0.3 is 6.09 Å². The number of alkyl carbamates (subject to hydrolysis) is 1. The Morgan fingerprint density at radius 2 is 1.73 bits per heavy atom. The van der Waals surface area contributed by atoms with Crippen molar-refractivity contribution < 1.29 is 27.5 Å². The van der Waals surface area contributed by atoms with Gasteiger partial charge in [-0.3, -0.25) is 9.59 Å². The van der Waals surface area contributed by atoms with E-state index in [1.54, 1.807) is 32.9 Å². The Morgan fingerprint density at radius 3 is 2.17 bits per heavy atom. The first-order chi connectivity index (χ1) is 13.7. The van der Waals surface area contributed by atoms with Gasteiger partial charge in [-0.15, -0.1) is 0 Å². The van der Waals surface area contributed by atoms with E-state index in [1.165, 1.54) is 12.1 Å². The first-order valence-electron chi connectivity index (χ1n) is 9.62. The zero-order valence-electron chi connectivity index (χ0n) is 17.7. The topological polar surface area (TPSA) is 145 Å². The smallest absolute Gasteiger partial charge is 0.408 e. The van der Waals surface area contributed by atoms with E-state index < -0.39 is 44.9 Å². The number of amides is 3. The number of rotatable bonds is 8. The summed E-state index contributed by atoms with van der Waals surface area (Å²) in [5.74, 6) is -1.05. The van der Waals surface area contributed by atoms with Crippen LogP contribution in [0.2, 0.25) is 0 Å². The van der Waals surface area contributed by atoms with E-state index in [0.29, 0.717) is 12.8 Å². The summed E-state index contributed by atoms with van der Waals surface area (Å²) in [6.07, 6.45) is 1.66. The Bertz CT molecular complexity index is 915. The number of ether oxygens (including phenoxy) is 1. The van der Waals surface area contributed by atoms with Crippen molar-refractivity contribution in [1.82, 2.24) is 10.6 Å². The highest BCUT2D eigenvalue weighted by Crippen LogP contribution is 2.45. The third-order valence-electron chi connectivity index (χ3n) is 4.63. The molecule has 1 fully saturated rings. The average molecular weight is 440 g/mol.